The molecule has 1 aromatic rings. The average Bonchev–Trinajstić information content (AvgIpc) is 2.86. The van der Waals surface area contributed by atoms with Crippen LogP contribution in [0.25, 0.3) is 0 Å². The van der Waals surface area contributed by atoms with Gasteiger partial charge in [-0.15, -0.1) is 10.2 Å². The highest BCUT2D eigenvalue weighted by Gasteiger charge is 2.25. The Bertz CT molecular complexity index is 451. The highest BCUT2D eigenvalue weighted by molar-refractivity contribution is 8.15. The minimum absolute atomic E-state index is 0.0328. The van der Waals surface area contributed by atoms with Gasteiger partial charge in [0.05, 0.1) is 11.5 Å². The summed E-state index contributed by atoms with van der Waals surface area (Å²) < 4.78 is 5.16. The van der Waals surface area contributed by atoms with Gasteiger partial charge in [0.15, 0.2) is 5.17 Å². The van der Waals surface area contributed by atoms with Crippen molar-refractivity contribution in [2.24, 2.45) is 10.2 Å². The highest BCUT2D eigenvalue weighted by atomic mass is 32.2. The quantitative estimate of drug-likeness (QED) is 0.627. The first-order valence-electron chi connectivity index (χ1n) is 4.80. The zero-order valence-electron chi connectivity index (χ0n) is 8.93. The number of nitrogens with zero attached hydrogens (tertiary/aromatic N) is 2. The van der Waals surface area contributed by atoms with Crippen molar-refractivity contribution in [1.82, 2.24) is 5.32 Å². The van der Waals surface area contributed by atoms with Crippen LogP contribution in [0.2, 0.25) is 0 Å². The van der Waals surface area contributed by atoms with E-state index in [1.54, 1.807) is 19.3 Å². The molecular weight excluding hydrogens is 226 g/mol. The summed E-state index contributed by atoms with van der Waals surface area (Å²) in [7, 11) is 0. The summed E-state index contributed by atoms with van der Waals surface area (Å²) in [6.45, 7) is 3.62. The normalized spacial score (nSPS) is 23.9. The largest absolute Gasteiger partial charge is 0.463 e. The molecule has 0 radical (unpaired) electrons. The van der Waals surface area contributed by atoms with E-state index in [0.717, 1.165) is 0 Å². The van der Waals surface area contributed by atoms with Crippen LogP contribution in [-0.2, 0) is 4.79 Å². The number of furan rings is 1. The minimum Gasteiger partial charge on any atom is -0.463 e. The van der Waals surface area contributed by atoms with Crippen molar-refractivity contribution in [1.29, 1.82) is 0 Å². The van der Waals surface area contributed by atoms with Crippen LogP contribution in [0, 0.1) is 0 Å². The molecule has 2 rings (SSSR count). The maximum atomic E-state index is 11.2. The molecule has 1 aliphatic heterocycles. The summed E-state index contributed by atoms with van der Waals surface area (Å²) in [5.74, 6) is 0.640. The van der Waals surface area contributed by atoms with E-state index >= 15 is 0 Å². The molecule has 0 saturated carbocycles. The van der Waals surface area contributed by atoms with E-state index in [1.807, 2.05) is 13.0 Å². The Kier molecular flexibility index (Phi) is 3.09. The zero-order valence-corrected chi connectivity index (χ0v) is 9.75. The molecule has 0 unspecified atom stereocenters. The second-order valence-electron chi connectivity index (χ2n) is 3.32. The first-order chi connectivity index (χ1) is 7.66. The number of thioether (sulfide) groups is 1. The van der Waals surface area contributed by atoms with Gasteiger partial charge >= 0.3 is 0 Å². The second-order valence-corrected chi connectivity index (χ2v) is 4.65. The van der Waals surface area contributed by atoms with Gasteiger partial charge in [-0.3, -0.25) is 4.79 Å². The molecule has 1 amide bonds. The second kappa shape index (κ2) is 4.52. The van der Waals surface area contributed by atoms with E-state index in [9.17, 15) is 4.79 Å². The van der Waals surface area contributed by atoms with Crippen molar-refractivity contribution in [3.8, 4) is 0 Å². The fourth-order valence-electron chi connectivity index (χ4n) is 1.16. The lowest BCUT2D eigenvalue weighted by Gasteiger charge is -1.93. The van der Waals surface area contributed by atoms with E-state index in [-0.39, 0.29) is 11.2 Å². The van der Waals surface area contributed by atoms with Crippen molar-refractivity contribution in [2.75, 3.05) is 0 Å². The summed E-state index contributed by atoms with van der Waals surface area (Å²) in [5.41, 5.74) is 0.673. The molecular formula is C10H11N3O2S. The van der Waals surface area contributed by atoms with E-state index in [0.29, 0.717) is 16.6 Å². The molecule has 1 atom stereocenters. The molecule has 16 heavy (non-hydrogen) atoms. The third-order valence-electron chi connectivity index (χ3n) is 2.06. The van der Waals surface area contributed by atoms with Gasteiger partial charge in [-0.2, -0.15) is 0 Å². The summed E-state index contributed by atoms with van der Waals surface area (Å²) in [6.07, 6.45) is 1.58. The molecule has 1 N–H and O–H groups in total. The van der Waals surface area contributed by atoms with Crippen LogP contribution in [0.3, 0.4) is 0 Å². The fraction of sp³-hybridized carbons (Fsp3) is 0.300. The van der Waals surface area contributed by atoms with Gasteiger partial charge < -0.3 is 9.73 Å². The van der Waals surface area contributed by atoms with Gasteiger partial charge in [-0.25, -0.2) is 0 Å². The molecule has 0 aliphatic carbocycles. The van der Waals surface area contributed by atoms with Crippen LogP contribution in [0.5, 0.6) is 0 Å². The lowest BCUT2D eigenvalue weighted by molar-refractivity contribution is -0.118. The molecule has 1 aromatic heterocycles. The summed E-state index contributed by atoms with van der Waals surface area (Å²) >= 11 is 1.36. The standard InChI is InChI=1S/C10H11N3O2S/c1-6(8-4-3-5-15-8)12-13-10-11-9(14)7(2)16-10/h3-5,7H,1-2H3,(H,11,13,14)/b12-6-/t7-/m1/s1. The van der Waals surface area contributed by atoms with Crippen molar-refractivity contribution < 1.29 is 9.21 Å². The first kappa shape index (κ1) is 10.9. The van der Waals surface area contributed by atoms with E-state index in [4.69, 9.17) is 4.42 Å². The monoisotopic (exact) mass is 237 g/mol. The number of carbonyl (C=O) groups excluding carboxylic acids is 1. The summed E-state index contributed by atoms with van der Waals surface area (Å²) in [6, 6.07) is 3.59. The van der Waals surface area contributed by atoms with E-state index < -0.39 is 0 Å². The third-order valence-corrected chi connectivity index (χ3v) is 3.03. The molecule has 6 heteroatoms. The van der Waals surface area contributed by atoms with Gasteiger partial charge in [0.1, 0.15) is 11.5 Å². The zero-order chi connectivity index (χ0) is 11.5. The maximum absolute atomic E-state index is 11.2. The number of nitrogens with one attached hydrogen (secondary N) is 1. The Morgan fingerprint density at radius 2 is 2.44 bits per heavy atom. The molecule has 1 aliphatic rings. The SMILES string of the molecule is C/C(=N/N=C1\NC(=O)[C@@H](C)S1)c1ccco1. The van der Waals surface area contributed by atoms with Gasteiger partial charge in [0.2, 0.25) is 5.91 Å². The molecule has 1 fully saturated rings. The van der Waals surface area contributed by atoms with Gasteiger partial charge in [-0.05, 0) is 26.0 Å². The summed E-state index contributed by atoms with van der Waals surface area (Å²) in [4.78, 5) is 11.2. The van der Waals surface area contributed by atoms with Gasteiger partial charge in [0, 0.05) is 0 Å². The molecule has 84 valence electrons. The predicted molar refractivity (Wildman–Crippen MR) is 63.5 cm³/mol. The van der Waals surface area contributed by atoms with Crippen molar-refractivity contribution in [3.63, 3.8) is 0 Å². The Labute approximate surface area is 97.0 Å². The maximum Gasteiger partial charge on any atom is 0.239 e. The van der Waals surface area contributed by atoms with Crippen LogP contribution in [0.15, 0.2) is 33.0 Å². The minimum atomic E-state index is -0.0992. The Morgan fingerprint density at radius 3 is 3.00 bits per heavy atom. The molecule has 2 heterocycles. The number of hydrogen-bond donors (Lipinski definition) is 1. The topological polar surface area (TPSA) is 67.0 Å². The van der Waals surface area contributed by atoms with E-state index in [1.165, 1.54) is 11.8 Å². The molecule has 1 saturated heterocycles. The van der Waals surface area contributed by atoms with Crippen LogP contribution in [0.1, 0.15) is 19.6 Å². The smallest absolute Gasteiger partial charge is 0.239 e. The summed E-state index contributed by atoms with van der Waals surface area (Å²) in [5, 5.41) is 11.0. The number of carbonyl (C=O) groups is 1. The Hall–Kier alpha value is -1.56. The van der Waals surface area contributed by atoms with Crippen LogP contribution < -0.4 is 5.32 Å². The number of amides is 1. The first-order valence-corrected chi connectivity index (χ1v) is 5.68. The van der Waals surface area contributed by atoms with Crippen LogP contribution >= 0.6 is 11.8 Å². The third kappa shape index (κ3) is 2.33. The van der Waals surface area contributed by atoms with E-state index in [2.05, 4.69) is 15.5 Å². The molecule has 0 aromatic carbocycles. The number of rotatable bonds is 2. The fourth-order valence-corrected chi connectivity index (χ4v) is 1.91. The van der Waals surface area contributed by atoms with Crippen molar-refractivity contribution >= 4 is 28.5 Å². The van der Waals surface area contributed by atoms with Crippen LogP contribution in [-0.4, -0.2) is 22.0 Å². The lowest BCUT2D eigenvalue weighted by atomic mass is 10.3. The van der Waals surface area contributed by atoms with Gasteiger partial charge in [-0.1, -0.05) is 11.8 Å². The van der Waals surface area contributed by atoms with Crippen molar-refractivity contribution in [3.05, 3.63) is 24.2 Å². The van der Waals surface area contributed by atoms with Gasteiger partial charge in [0.25, 0.3) is 0 Å². The number of hydrogen-bond acceptors (Lipinski definition) is 5. The molecule has 0 bridgehead atoms. The lowest BCUT2D eigenvalue weighted by Crippen LogP contribution is -2.23. The highest BCUT2D eigenvalue weighted by Crippen LogP contribution is 2.18. The average molecular weight is 237 g/mol. The Balaban J connectivity index is 2.09. The van der Waals surface area contributed by atoms with Crippen molar-refractivity contribution in [2.45, 2.75) is 19.1 Å². The molecule has 5 nitrogen and oxygen atoms in total. The van der Waals surface area contributed by atoms with Crippen LogP contribution in [0.4, 0.5) is 0 Å². The predicted octanol–water partition coefficient (Wildman–Crippen LogP) is 1.61. The molecule has 0 spiro atoms. The Morgan fingerprint density at radius 1 is 1.62 bits per heavy atom. The number of amidine groups is 1.